The Bertz CT molecular complexity index is 2640. The van der Waals surface area contributed by atoms with Crippen molar-refractivity contribution in [3.05, 3.63) is 222 Å². The van der Waals surface area contributed by atoms with Gasteiger partial charge < -0.3 is 9.32 Å². The van der Waals surface area contributed by atoms with E-state index in [1.165, 1.54) is 38.9 Å². The second-order valence-corrected chi connectivity index (χ2v) is 13.3. The molecule has 9 aromatic rings. The maximum Gasteiger partial charge on any atom is 0.140 e. The topological polar surface area (TPSA) is 16.4 Å². The molecule has 0 spiro atoms. The van der Waals surface area contributed by atoms with Crippen LogP contribution in [-0.4, -0.2) is 0 Å². The summed E-state index contributed by atoms with van der Waals surface area (Å²) in [6, 6.07) is 72.0. The summed E-state index contributed by atoms with van der Waals surface area (Å²) in [7, 11) is 0. The van der Waals surface area contributed by atoms with E-state index in [0.717, 1.165) is 44.6 Å². The molecule has 0 N–H and O–H groups in total. The zero-order valence-electron chi connectivity index (χ0n) is 27.9. The summed E-state index contributed by atoms with van der Waals surface area (Å²) < 4.78 is 6.79. The minimum absolute atomic E-state index is 0.589. The molecule has 1 atom stereocenters. The molecule has 2 nitrogen and oxygen atoms in total. The Morgan fingerprint density at radius 2 is 0.922 bits per heavy atom. The Kier molecular flexibility index (Phi) is 6.75. The van der Waals surface area contributed by atoms with Gasteiger partial charge in [-0.1, -0.05) is 152 Å². The molecule has 1 unspecified atom stereocenters. The van der Waals surface area contributed by atoms with Gasteiger partial charge in [0.15, 0.2) is 0 Å². The van der Waals surface area contributed by atoms with Crippen LogP contribution in [0.15, 0.2) is 205 Å². The van der Waals surface area contributed by atoms with Gasteiger partial charge in [0.1, 0.15) is 11.2 Å². The van der Waals surface area contributed by atoms with Gasteiger partial charge >= 0.3 is 0 Å². The molecule has 1 heterocycles. The number of hydrogen-bond donors (Lipinski definition) is 0. The highest BCUT2D eigenvalue weighted by Crippen LogP contribution is 2.58. The molecule has 240 valence electrons. The first kappa shape index (κ1) is 29.3. The molecule has 0 saturated carbocycles. The number of benzene rings is 8. The van der Waals surface area contributed by atoms with Crippen molar-refractivity contribution >= 4 is 39.0 Å². The van der Waals surface area contributed by atoms with E-state index in [9.17, 15) is 0 Å². The molecule has 1 aromatic heterocycles. The second-order valence-electron chi connectivity index (χ2n) is 13.3. The summed E-state index contributed by atoms with van der Waals surface area (Å²) >= 11 is 0. The van der Waals surface area contributed by atoms with Crippen molar-refractivity contribution in [1.29, 1.82) is 0 Å². The van der Waals surface area contributed by atoms with Crippen LogP contribution in [0, 0.1) is 0 Å². The van der Waals surface area contributed by atoms with Gasteiger partial charge in [-0.05, 0) is 87.5 Å². The zero-order chi connectivity index (χ0) is 33.8. The van der Waals surface area contributed by atoms with Gasteiger partial charge in [0, 0.05) is 33.4 Å². The predicted octanol–water partition coefficient (Wildman–Crippen LogP) is 13.1. The molecule has 10 rings (SSSR count). The van der Waals surface area contributed by atoms with E-state index in [-0.39, 0.29) is 0 Å². The van der Waals surface area contributed by atoms with E-state index in [1.807, 2.05) is 6.07 Å². The van der Waals surface area contributed by atoms with Gasteiger partial charge in [-0.2, -0.15) is 0 Å². The van der Waals surface area contributed by atoms with Crippen molar-refractivity contribution in [3.8, 4) is 22.3 Å². The fourth-order valence-corrected chi connectivity index (χ4v) is 8.35. The van der Waals surface area contributed by atoms with Gasteiger partial charge in [0.2, 0.25) is 0 Å². The van der Waals surface area contributed by atoms with E-state index in [4.69, 9.17) is 4.42 Å². The third-order valence-electron chi connectivity index (χ3n) is 10.5. The van der Waals surface area contributed by atoms with Crippen molar-refractivity contribution in [2.75, 3.05) is 4.90 Å². The van der Waals surface area contributed by atoms with Crippen molar-refractivity contribution in [2.45, 2.75) is 5.41 Å². The average molecular weight is 652 g/mol. The summed E-state index contributed by atoms with van der Waals surface area (Å²) in [6.45, 7) is 0. The Morgan fingerprint density at radius 1 is 0.373 bits per heavy atom. The Hall–Kier alpha value is -6.64. The lowest BCUT2D eigenvalue weighted by Gasteiger charge is -2.34. The molecule has 0 aliphatic heterocycles. The van der Waals surface area contributed by atoms with E-state index in [1.54, 1.807) is 0 Å². The number of hydrogen-bond acceptors (Lipinski definition) is 2. The molecule has 1 aliphatic carbocycles. The Labute approximate surface area is 297 Å². The third-order valence-corrected chi connectivity index (χ3v) is 10.5. The van der Waals surface area contributed by atoms with Gasteiger partial charge in [0.05, 0.1) is 5.41 Å². The third kappa shape index (κ3) is 4.50. The number of nitrogens with zero attached hydrogens (tertiary/aromatic N) is 1. The lowest BCUT2D eigenvalue weighted by molar-refractivity contribution is 0.648. The van der Waals surface area contributed by atoms with Crippen molar-refractivity contribution in [1.82, 2.24) is 0 Å². The van der Waals surface area contributed by atoms with E-state index < -0.39 is 5.41 Å². The first-order valence-corrected chi connectivity index (χ1v) is 17.5. The monoisotopic (exact) mass is 651 g/mol. The maximum absolute atomic E-state index is 6.79. The van der Waals surface area contributed by atoms with Crippen LogP contribution in [0.25, 0.3) is 44.2 Å². The van der Waals surface area contributed by atoms with Gasteiger partial charge in [-0.3, -0.25) is 0 Å². The molecule has 0 bridgehead atoms. The molecule has 51 heavy (non-hydrogen) atoms. The predicted molar refractivity (Wildman–Crippen MR) is 211 cm³/mol. The van der Waals surface area contributed by atoms with Gasteiger partial charge in [-0.15, -0.1) is 0 Å². The average Bonchev–Trinajstić information content (AvgIpc) is 3.73. The Balaban J connectivity index is 1.18. The van der Waals surface area contributed by atoms with Crippen LogP contribution >= 0.6 is 0 Å². The zero-order valence-corrected chi connectivity index (χ0v) is 27.9. The van der Waals surface area contributed by atoms with Crippen LogP contribution < -0.4 is 4.90 Å². The summed E-state index contributed by atoms with van der Waals surface area (Å²) in [5.41, 5.74) is 14.4. The van der Waals surface area contributed by atoms with Crippen molar-refractivity contribution in [2.24, 2.45) is 0 Å². The summed E-state index contributed by atoms with van der Waals surface area (Å²) in [5, 5.41) is 2.27. The summed E-state index contributed by atoms with van der Waals surface area (Å²) in [4.78, 5) is 2.30. The number of furan rings is 1. The maximum atomic E-state index is 6.79. The lowest BCUT2D eigenvalue weighted by Crippen LogP contribution is -2.28. The van der Waals surface area contributed by atoms with Gasteiger partial charge in [-0.25, -0.2) is 0 Å². The van der Waals surface area contributed by atoms with E-state index >= 15 is 0 Å². The van der Waals surface area contributed by atoms with Crippen LogP contribution in [-0.2, 0) is 5.41 Å². The van der Waals surface area contributed by atoms with E-state index in [2.05, 4.69) is 199 Å². The fourth-order valence-electron chi connectivity index (χ4n) is 8.35. The Morgan fingerprint density at radius 3 is 1.67 bits per heavy atom. The minimum atomic E-state index is -0.589. The molecular formula is C49H33NO. The van der Waals surface area contributed by atoms with Gasteiger partial charge in [0.25, 0.3) is 0 Å². The van der Waals surface area contributed by atoms with Crippen LogP contribution in [0.5, 0.6) is 0 Å². The molecule has 8 aromatic carbocycles. The highest BCUT2D eigenvalue weighted by Gasteiger charge is 2.47. The number of para-hydroxylation sites is 4. The molecule has 2 heteroatoms. The molecular weight excluding hydrogens is 619 g/mol. The van der Waals surface area contributed by atoms with Crippen molar-refractivity contribution < 1.29 is 4.42 Å². The standard InChI is InChI=1S/C49H33NO/c1-4-15-36(16-5-1)49(45-25-14-23-43-42-22-11-13-26-47(42)51-48(43)45)44-24-12-10-21-40(44)41-32-29-35(33-46(41)49)34-27-30-39(31-28-34)50(37-17-6-2-7-18-37)38-19-8-3-9-20-38/h1-33H. The smallest absolute Gasteiger partial charge is 0.140 e. The van der Waals surface area contributed by atoms with E-state index in [0.29, 0.717) is 0 Å². The number of rotatable bonds is 6. The fraction of sp³-hybridized carbons (Fsp3) is 0.0204. The normalized spacial score (nSPS) is 14.7. The minimum Gasteiger partial charge on any atom is -0.456 e. The highest BCUT2D eigenvalue weighted by atomic mass is 16.3. The lowest BCUT2D eigenvalue weighted by atomic mass is 9.67. The molecule has 0 saturated heterocycles. The molecule has 1 aliphatic rings. The molecule has 0 amide bonds. The highest BCUT2D eigenvalue weighted by molar-refractivity contribution is 6.07. The quantitative estimate of drug-likeness (QED) is 0.178. The van der Waals surface area contributed by atoms with Crippen LogP contribution in [0.3, 0.4) is 0 Å². The largest absolute Gasteiger partial charge is 0.456 e. The molecule has 0 fully saturated rings. The summed E-state index contributed by atoms with van der Waals surface area (Å²) in [6.07, 6.45) is 0. The van der Waals surface area contributed by atoms with Crippen molar-refractivity contribution in [3.63, 3.8) is 0 Å². The first-order chi connectivity index (χ1) is 25.3. The van der Waals surface area contributed by atoms with Crippen LogP contribution in [0.4, 0.5) is 17.1 Å². The second kappa shape index (κ2) is 11.8. The molecule has 0 radical (unpaired) electrons. The van der Waals surface area contributed by atoms with Crippen LogP contribution in [0.1, 0.15) is 22.3 Å². The SMILES string of the molecule is c1ccc(N(c2ccccc2)c2ccc(-c3ccc4c(c3)C(c3ccccc3)(c3cccc5c3oc3ccccc35)c3ccccc3-4)cc2)cc1. The number of fused-ring (bicyclic) bond motifs is 6. The first-order valence-electron chi connectivity index (χ1n) is 17.5. The summed E-state index contributed by atoms with van der Waals surface area (Å²) in [5.74, 6) is 0. The number of anilines is 3. The van der Waals surface area contributed by atoms with Crippen LogP contribution in [0.2, 0.25) is 0 Å².